The van der Waals surface area contributed by atoms with Gasteiger partial charge in [0.2, 0.25) is 0 Å². The lowest BCUT2D eigenvalue weighted by Crippen LogP contribution is -2.13. The zero-order valence-electron chi connectivity index (χ0n) is 11.7. The molecule has 108 valence electrons. The molecule has 0 aromatic heterocycles. The molecular formula is C16H15NO4. The highest BCUT2D eigenvalue weighted by Gasteiger charge is 2.10. The quantitative estimate of drug-likeness (QED) is 0.346. The second-order valence-electron chi connectivity index (χ2n) is 4.09. The van der Waals surface area contributed by atoms with Gasteiger partial charge in [0.05, 0.1) is 0 Å². The van der Waals surface area contributed by atoms with Gasteiger partial charge < -0.3 is 9.47 Å². The van der Waals surface area contributed by atoms with Crippen molar-refractivity contribution in [3.8, 4) is 6.07 Å². The highest BCUT2D eigenvalue weighted by atomic mass is 16.6. The topological polar surface area (TPSA) is 76.4 Å². The molecule has 0 aliphatic carbocycles. The molecule has 0 fully saturated rings. The Balaban J connectivity index is 2.57. The van der Waals surface area contributed by atoms with Crippen molar-refractivity contribution in [3.63, 3.8) is 0 Å². The van der Waals surface area contributed by atoms with E-state index in [1.165, 1.54) is 6.08 Å². The maximum Gasteiger partial charge on any atom is 0.349 e. The third kappa shape index (κ3) is 5.74. The predicted octanol–water partition coefficient (Wildman–Crippen LogP) is 2.17. The molecule has 0 unspecified atom stereocenters. The largest absolute Gasteiger partial charge is 0.459 e. The number of benzene rings is 1. The highest BCUT2D eigenvalue weighted by molar-refractivity contribution is 5.97. The number of carbonyl (C=O) groups excluding carboxylic acids is 2. The van der Waals surface area contributed by atoms with Gasteiger partial charge in [0.15, 0.2) is 0 Å². The van der Waals surface area contributed by atoms with Crippen LogP contribution in [0.2, 0.25) is 0 Å². The van der Waals surface area contributed by atoms with E-state index in [1.54, 1.807) is 18.2 Å². The SMILES string of the molecule is C=CC(=O)OCCOC(=O)C(C#N)=Cc1ccc(C)cc1. The normalized spacial score (nSPS) is 10.4. The number of hydrogen-bond donors (Lipinski definition) is 0. The van der Waals surface area contributed by atoms with E-state index in [9.17, 15) is 9.59 Å². The summed E-state index contributed by atoms with van der Waals surface area (Å²) in [5.74, 6) is -1.35. The number of rotatable bonds is 6. The molecule has 1 aromatic rings. The average molecular weight is 285 g/mol. The van der Waals surface area contributed by atoms with Crippen molar-refractivity contribution < 1.29 is 19.1 Å². The summed E-state index contributed by atoms with van der Waals surface area (Å²) >= 11 is 0. The van der Waals surface area contributed by atoms with Gasteiger partial charge in [0.25, 0.3) is 0 Å². The monoisotopic (exact) mass is 285 g/mol. The van der Waals surface area contributed by atoms with E-state index in [0.717, 1.165) is 17.2 Å². The Morgan fingerprint density at radius 3 is 2.43 bits per heavy atom. The van der Waals surface area contributed by atoms with Gasteiger partial charge in [-0.05, 0) is 18.6 Å². The van der Waals surface area contributed by atoms with Crippen LogP contribution >= 0.6 is 0 Å². The Morgan fingerprint density at radius 1 is 1.24 bits per heavy atom. The summed E-state index contributed by atoms with van der Waals surface area (Å²) in [6, 6.07) is 9.14. The van der Waals surface area contributed by atoms with Crippen molar-refractivity contribution in [1.29, 1.82) is 5.26 Å². The number of carbonyl (C=O) groups is 2. The molecule has 0 radical (unpaired) electrons. The van der Waals surface area contributed by atoms with Gasteiger partial charge in [0, 0.05) is 6.08 Å². The molecule has 5 heteroatoms. The minimum Gasteiger partial charge on any atom is -0.459 e. The average Bonchev–Trinajstić information content (AvgIpc) is 2.50. The molecule has 0 aliphatic rings. The third-order valence-corrected chi connectivity index (χ3v) is 2.46. The fourth-order valence-electron chi connectivity index (χ4n) is 1.38. The Hall–Kier alpha value is -2.87. The van der Waals surface area contributed by atoms with E-state index in [2.05, 4.69) is 11.3 Å². The van der Waals surface area contributed by atoms with E-state index in [4.69, 9.17) is 10.00 Å². The number of hydrogen-bond acceptors (Lipinski definition) is 5. The van der Waals surface area contributed by atoms with E-state index in [0.29, 0.717) is 0 Å². The van der Waals surface area contributed by atoms with Crippen LogP contribution in [0, 0.1) is 18.3 Å². The second kappa shape index (κ2) is 8.33. The molecule has 0 saturated carbocycles. The van der Waals surface area contributed by atoms with Crippen LogP contribution in [0.3, 0.4) is 0 Å². The molecular weight excluding hydrogens is 270 g/mol. The van der Waals surface area contributed by atoms with Crippen molar-refractivity contribution in [2.75, 3.05) is 13.2 Å². The molecule has 21 heavy (non-hydrogen) atoms. The standard InChI is InChI=1S/C16H15NO4/c1-3-15(18)20-8-9-21-16(19)14(11-17)10-13-6-4-12(2)5-7-13/h3-7,10H,1,8-9H2,2H3. The lowest BCUT2D eigenvalue weighted by Gasteiger charge is -2.04. The number of nitriles is 1. The maximum absolute atomic E-state index is 11.7. The fraction of sp³-hybridized carbons (Fsp3) is 0.188. The van der Waals surface area contributed by atoms with Crippen LogP contribution in [0.4, 0.5) is 0 Å². The Morgan fingerprint density at radius 2 is 1.86 bits per heavy atom. The summed E-state index contributed by atoms with van der Waals surface area (Å²) in [6.07, 6.45) is 2.46. The molecule has 1 rings (SSSR count). The molecule has 0 bridgehead atoms. The first-order valence-electron chi connectivity index (χ1n) is 6.21. The summed E-state index contributed by atoms with van der Waals surface area (Å²) in [4.78, 5) is 22.5. The van der Waals surface area contributed by atoms with Gasteiger partial charge in [-0.1, -0.05) is 36.4 Å². The van der Waals surface area contributed by atoms with Crippen molar-refractivity contribution >= 4 is 18.0 Å². The summed E-state index contributed by atoms with van der Waals surface area (Å²) < 4.78 is 9.49. The molecule has 0 N–H and O–H groups in total. The Kier molecular flexibility index (Phi) is 6.42. The lowest BCUT2D eigenvalue weighted by atomic mass is 10.1. The van der Waals surface area contributed by atoms with Gasteiger partial charge in [-0.3, -0.25) is 0 Å². The summed E-state index contributed by atoms with van der Waals surface area (Å²) in [6.45, 7) is 4.97. The number of esters is 2. The molecule has 0 amide bonds. The summed E-state index contributed by atoms with van der Waals surface area (Å²) in [5, 5.41) is 8.98. The first-order valence-corrected chi connectivity index (χ1v) is 6.21. The molecule has 5 nitrogen and oxygen atoms in total. The first-order chi connectivity index (χ1) is 10.1. The van der Waals surface area contributed by atoms with Gasteiger partial charge >= 0.3 is 11.9 Å². The van der Waals surface area contributed by atoms with Crippen molar-refractivity contribution in [2.24, 2.45) is 0 Å². The highest BCUT2D eigenvalue weighted by Crippen LogP contribution is 2.09. The smallest absolute Gasteiger partial charge is 0.349 e. The fourth-order valence-corrected chi connectivity index (χ4v) is 1.38. The van der Waals surface area contributed by atoms with Crippen LogP contribution in [0.1, 0.15) is 11.1 Å². The third-order valence-electron chi connectivity index (χ3n) is 2.46. The van der Waals surface area contributed by atoms with Crippen molar-refractivity contribution in [3.05, 3.63) is 53.6 Å². The van der Waals surface area contributed by atoms with E-state index in [-0.39, 0.29) is 18.8 Å². The van der Waals surface area contributed by atoms with E-state index in [1.807, 2.05) is 19.1 Å². The van der Waals surface area contributed by atoms with E-state index < -0.39 is 11.9 Å². The predicted molar refractivity (Wildman–Crippen MR) is 76.9 cm³/mol. The van der Waals surface area contributed by atoms with Gasteiger partial charge in [-0.25, -0.2) is 9.59 Å². The number of nitrogens with zero attached hydrogens (tertiary/aromatic N) is 1. The van der Waals surface area contributed by atoms with Crippen LogP contribution in [-0.4, -0.2) is 25.2 Å². The summed E-state index contributed by atoms with van der Waals surface area (Å²) in [5.41, 5.74) is 1.69. The molecule has 0 heterocycles. The second-order valence-corrected chi connectivity index (χ2v) is 4.09. The number of ether oxygens (including phenoxy) is 2. The maximum atomic E-state index is 11.7. The minimum atomic E-state index is -0.757. The number of aryl methyl sites for hydroxylation is 1. The van der Waals surface area contributed by atoms with Gasteiger partial charge in [-0.15, -0.1) is 0 Å². The van der Waals surface area contributed by atoms with Crippen LogP contribution in [0.25, 0.3) is 6.08 Å². The van der Waals surface area contributed by atoms with E-state index >= 15 is 0 Å². The van der Waals surface area contributed by atoms with Gasteiger partial charge in [-0.2, -0.15) is 5.26 Å². The zero-order chi connectivity index (χ0) is 15.7. The van der Waals surface area contributed by atoms with Crippen LogP contribution in [0.15, 0.2) is 42.5 Å². The zero-order valence-corrected chi connectivity index (χ0v) is 11.7. The lowest BCUT2D eigenvalue weighted by molar-refractivity contribution is -0.146. The molecule has 1 aromatic carbocycles. The van der Waals surface area contributed by atoms with Crippen molar-refractivity contribution in [1.82, 2.24) is 0 Å². The molecule has 0 spiro atoms. The molecule has 0 aliphatic heterocycles. The Bertz CT molecular complexity index is 594. The van der Waals surface area contributed by atoms with Crippen LogP contribution < -0.4 is 0 Å². The molecule has 0 atom stereocenters. The first kappa shape index (κ1) is 16.2. The Labute approximate surface area is 123 Å². The van der Waals surface area contributed by atoms with Crippen molar-refractivity contribution in [2.45, 2.75) is 6.92 Å². The molecule has 0 saturated heterocycles. The van der Waals surface area contributed by atoms with Gasteiger partial charge in [0.1, 0.15) is 24.9 Å². The summed E-state index contributed by atoms with van der Waals surface area (Å²) in [7, 11) is 0. The minimum absolute atomic E-state index is 0.0835. The van der Waals surface area contributed by atoms with Crippen LogP contribution in [-0.2, 0) is 19.1 Å². The van der Waals surface area contributed by atoms with Crippen LogP contribution in [0.5, 0.6) is 0 Å².